The van der Waals surface area contributed by atoms with Crippen LogP contribution in [-0.2, 0) is 19.6 Å². The average Bonchev–Trinajstić information content (AvgIpc) is 3.33. The van der Waals surface area contributed by atoms with Gasteiger partial charge >= 0.3 is 5.97 Å². The van der Waals surface area contributed by atoms with E-state index >= 15 is 0 Å². The summed E-state index contributed by atoms with van der Waals surface area (Å²) in [5.74, 6) is -1.39. The molecule has 5 aromatic rings. The standard InChI is InChI=1S/C33H26N4O4/c38-31(35-19-22-6-5-17-34-18-22)30-16-15-26-21-37(29-10-4-1-7-25(29)20-36(26)30)32(39)24-13-11-23(12-14-24)27-8-2-3-9-28(27)33(40)41/h1-18H,19-21H2,(H,35,38)(H,40,41). The number of carboxylic acids is 1. The molecule has 0 unspecified atom stereocenters. The molecule has 1 aliphatic heterocycles. The fourth-order valence-electron chi connectivity index (χ4n) is 5.18. The van der Waals surface area contributed by atoms with Gasteiger partial charge in [-0.15, -0.1) is 0 Å². The van der Waals surface area contributed by atoms with Crippen LogP contribution in [0.5, 0.6) is 0 Å². The summed E-state index contributed by atoms with van der Waals surface area (Å²) < 4.78 is 1.95. The first-order valence-electron chi connectivity index (χ1n) is 13.2. The molecule has 0 bridgehead atoms. The van der Waals surface area contributed by atoms with Gasteiger partial charge in [0.15, 0.2) is 0 Å². The van der Waals surface area contributed by atoms with Gasteiger partial charge in [-0.05, 0) is 64.7 Å². The Bertz CT molecular complexity index is 1760. The number of carbonyl (C=O) groups is 3. The van der Waals surface area contributed by atoms with Gasteiger partial charge in [-0.2, -0.15) is 0 Å². The van der Waals surface area contributed by atoms with E-state index in [4.69, 9.17) is 0 Å². The summed E-state index contributed by atoms with van der Waals surface area (Å²) in [4.78, 5) is 44.5. The number of fused-ring (bicyclic) bond motifs is 2. The number of pyridine rings is 1. The summed E-state index contributed by atoms with van der Waals surface area (Å²) in [5.41, 5.74) is 5.95. The molecule has 0 saturated carbocycles. The van der Waals surface area contributed by atoms with Crippen LogP contribution in [0, 0.1) is 0 Å². The van der Waals surface area contributed by atoms with E-state index in [0.717, 1.165) is 22.5 Å². The largest absolute Gasteiger partial charge is 0.478 e. The normalized spacial score (nSPS) is 12.1. The first-order chi connectivity index (χ1) is 20.0. The van der Waals surface area contributed by atoms with Crippen molar-refractivity contribution >= 4 is 23.5 Å². The lowest BCUT2D eigenvalue weighted by atomic mass is 9.98. The molecule has 8 heteroatoms. The van der Waals surface area contributed by atoms with E-state index in [1.165, 1.54) is 0 Å². The number of amides is 2. The Morgan fingerprint density at radius 3 is 2.39 bits per heavy atom. The van der Waals surface area contributed by atoms with E-state index in [-0.39, 0.29) is 23.9 Å². The minimum Gasteiger partial charge on any atom is -0.478 e. The summed E-state index contributed by atoms with van der Waals surface area (Å²) in [7, 11) is 0. The van der Waals surface area contributed by atoms with E-state index in [1.807, 2.05) is 47.0 Å². The maximum atomic E-state index is 13.9. The average molecular weight is 543 g/mol. The van der Waals surface area contributed by atoms with Crippen molar-refractivity contribution in [2.75, 3.05) is 4.90 Å². The molecule has 2 amide bonds. The van der Waals surface area contributed by atoms with E-state index < -0.39 is 5.97 Å². The van der Waals surface area contributed by atoms with Gasteiger partial charge in [0.2, 0.25) is 0 Å². The molecule has 0 fully saturated rings. The van der Waals surface area contributed by atoms with Crippen molar-refractivity contribution < 1.29 is 19.5 Å². The monoisotopic (exact) mass is 542 g/mol. The Morgan fingerprint density at radius 2 is 1.61 bits per heavy atom. The van der Waals surface area contributed by atoms with Gasteiger partial charge in [-0.25, -0.2) is 4.79 Å². The number of nitrogens with zero attached hydrogens (tertiary/aromatic N) is 3. The number of benzene rings is 3. The zero-order valence-electron chi connectivity index (χ0n) is 22.0. The second-order valence-electron chi connectivity index (χ2n) is 9.79. The number of para-hydroxylation sites is 1. The van der Waals surface area contributed by atoms with Crippen LogP contribution in [0.3, 0.4) is 0 Å². The van der Waals surface area contributed by atoms with Gasteiger partial charge in [-0.1, -0.05) is 54.6 Å². The maximum Gasteiger partial charge on any atom is 0.336 e. The molecule has 1 aliphatic rings. The summed E-state index contributed by atoms with van der Waals surface area (Å²) >= 11 is 0. The number of nitrogens with one attached hydrogen (secondary N) is 1. The molecular weight excluding hydrogens is 516 g/mol. The Hall–Kier alpha value is -5.50. The summed E-state index contributed by atoms with van der Waals surface area (Å²) in [6.07, 6.45) is 3.41. The molecule has 0 saturated heterocycles. The Kier molecular flexibility index (Phi) is 6.87. The molecule has 2 N–H and O–H groups in total. The summed E-state index contributed by atoms with van der Waals surface area (Å²) in [6, 6.07) is 28.9. The number of aromatic nitrogens is 2. The number of aromatic carboxylic acids is 1. The molecule has 0 radical (unpaired) electrons. The molecule has 0 spiro atoms. The Balaban J connectivity index is 1.28. The predicted octanol–water partition coefficient (Wildman–Crippen LogP) is 5.39. The molecule has 41 heavy (non-hydrogen) atoms. The van der Waals surface area contributed by atoms with Gasteiger partial charge in [0.1, 0.15) is 5.69 Å². The summed E-state index contributed by atoms with van der Waals surface area (Å²) in [5, 5.41) is 12.5. The van der Waals surface area contributed by atoms with Crippen LogP contribution in [0.15, 0.2) is 109 Å². The van der Waals surface area contributed by atoms with Crippen LogP contribution in [0.4, 0.5) is 5.69 Å². The van der Waals surface area contributed by atoms with Crippen molar-refractivity contribution in [3.63, 3.8) is 0 Å². The van der Waals surface area contributed by atoms with Crippen molar-refractivity contribution in [2.24, 2.45) is 0 Å². The van der Waals surface area contributed by atoms with Crippen molar-refractivity contribution in [3.8, 4) is 11.1 Å². The van der Waals surface area contributed by atoms with E-state index in [1.54, 1.807) is 71.9 Å². The second-order valence-corrected chi connectivity index (χ2v) is 9.79. The van der Waals surface area contributed by atoms with Crippen LogP contribution >= 0.6 is 0 Å². The molecule has 3 heterocycles. The lowest BCUT2D eigenvalue weighted by molar-refractivity contribution is 0.0697. The van der Waals surface area contributed by atoms with Crippen LogP contribution in [0.2, 0.25) is 0 Å². The van der Waals surface area contributed by atoms with Gasteiger partial charge in [0, 0.05) is 35.9 Å². The molecular formula is C33H26N4O4. The smallest absolute Gasteiger partial charge is 0.336 e. The zero-order valence-corrected chi connectivity index (χ0v) is 22.0. The highest BCUT2D eigenvalue weighted by Crippen LogP contribution is 2.31. The first kappa shape index (κ1) is 25.8. The minimum atomic E-state index is -1.00. The summed E-state index contributed by atoms with van der Waals surface area (Å²) in [6.45, 7) is 1.10. The van der Waals surface area contributed by atoms with E-state index in [0.29, 0.717) is 35.5 Å². The third-order valence-electron chi connectivity index (χ3n) is 7.26. The van der Waals surface area contributed by atoms with Gasteiger partial charge < -0.3 is 19.9 Å². The number of rotatable bonds is 6. The highest BCUT2D eigenvalue weighted by atomic mass is 16.4. The second kappa shape index (κ2) is 10.9. The highest BCUT2D eigenvalue weighted by Gasteiger charge is 2.27. The van der Waals surface area contributed by atoms with E-state index in [9.17, 15) is 19.5 Å². The maximum absolute atomic E-state index is 13.9. The number of carbonyl (C=O) groups excluding carboxylic acids is 2. The van der Waals surface area contributed by atoms with Crippen molar-refractivity contribution in [1.82, 2.24) is 14.9 Å². The number of anilines is 1. The molecule has 0 aliphatic carbocycles. The van der Waals surface area contributed by atoms with Crippen LogP contribution in [0.1, 0.15) is 48.0 Å². The van der Waals surface area contributed by atoms with E-state index in [2.05, 4.69) is 10.3 Å². The number of hydrogen-bond donors (Lipinski definition) is 2. The molecule has 3 aromatic carbocycles. The first-order valence-corrected chi connectivity index (χ1v) is 13.2. The minimum absolute atomic E-state index is 0.187. The van der Waals surface area contributed by atoms with Crippen molar-refractivity contribution in [1.29, 1.82) is 0 Å². The van der Waals surface area contributed by atoms with Crippen LogP contribution in [-0.4, -0.2) is 32.4 Å². The quantitative estimate of drug-likeness (QED) is 0.300. The lowest BCUT2D eigenvalue weighted by Crippen LogP contribution is -2.30. The van der Waals surface area contributed by atoms with Gasteiger partial charge in [0.25, 0.3) is 11.8 Å². The zero-order chi connectivity index (χ0) is 28.3. The molecule has 6 rings (SSSR count). The third kappa shape index (κ3) is 5.10. The highest BCUT2D eigenvalue weighted by molar-refractivity contribution is 6.07. The fourth-order valence-corrected chi connectivity index (χ4v) is 5.18. The lowest BCUT2D eigenvalue weighted by Gasteiger charge is -2.23. The predicted molar refractivity (Wildman–Crippen MR) is 155 cm³/mol. The number of hydrogen-bond acceptors (Lipinski definition) is 4. The Morgan fingerprint density at radius 1 is 0.829 bits per heavy atom. The molecule has 2 aromatic heterocycles. The number of carboxylic acid groups (broad SMARTS) is 1. The van der Waals surface area contributed by atoms with Crippen molar-refractivity contribution in [2.45, 2.75) is 19.6 Å². The third-order valence-corrected chi connectivity index (χ3v) is 7.26. The topological polar surface area (TPSA) is 105 Å². The molecule has 0 atom stereocenters. The van der Waals surface area contributed by atoms with Crippen LogP contribution < -0.4 is 10.2 Å². The molecule has 202 valence electrons. The van der Waals surface area contributed by atoms with Crippen molar-refractivity contribution in [3.05, 3.63) is 143 Å². The van der Waals surface area contributed by atoms with Gasteiger partial charge in [0.05, 0.1) is 18.7 Å². The van der Waals surface area contributed by atoms with Crippen LogP contribution in [0.25, 0.3) is 11.1 Å². The fraction of sp³-hybridized carbons (Fsp3) is 0.0909. The molecule has 8 nitrogen and oxygen atoms in total. The Labute approximate surface area is 236 Å². The SMILES string of the molecule is O=C(O)c1ccccc1-c1ccc(C(=O)N2Cc3ccc(C(=O)NCc4cccnc4)n3Cc3ccccc32)cc1. The van der Waals surface area contributed by atoms with Gasteiger partial charge in [-0.3, -0.25) is 14.6 Å².